The molecule has 1 aromatic carbocycles. The average molecular weight is 287 g/mol. The van der Waals surface area contributed by atoms with E-state index in [9.17, 15) is 4.79 Å². The lowest BCUT2D eigenvalue weighted by Gasteiger charge is -2.37. The number of carbonyl (C=O) groups excluding carboxylic acids is 1. The number of hydrogen-bond donors (Lipinski definition) is 1. The van der Waals surface area contributed by atoms with Crippen LogP contribution in [0.4, 0.5) is 4.79 Å². The van der Waals surface area contributed by atoms with Crippen molar-refractivity contribution < 1.29 is 9.53 Å². The number of nitrogens with zero attached hydrogens (tertiary/aromatic N) is 2. The van der Waals surface area contributed by atoms with Crippen molar-refractivity contribution >= 4 is 11.9 Å². The van der Waals surface area contributed by atoms with Crippen LogP contribution in [0.25, 0.3) is 0 Å². The molecule has 2 aliphatic rings. The van der Waals surface area contributed by atoms with Crippen molar-refractivity contribution in [2.45, 2.75) is 32.4 Å². The van der Waals surface area contributed by atoms with Gasteiger partial charge in [0.05, 0.1) is 6.61 Å². The van der Waals surface area contributed by atoms with E-state index in [1.54, 1.807) is 4.90 Å². The Balaban J connectivity index is 1.61. The molecule has 2 aliphatic heterocycles. The maximum absolute atomic E-state index is 11.7. The predicted molar refractivity (Wildman–Crippen MR) is 80.4 cm³/mol. The first-order chi connectivity index (χ1) is 10.2. The van der Waals surface area contributed by atoms with E-state index in [-0.39, 0.29) is 6.09 Å². The average Bonchev–Trinajstić information content (AvgIpc) is 2.85. The van der Waals surface area contributed by atoms with E-state index >= 15 is 0 Å². The molecule has 0 aromatic heterocycles. The number of amidine groups is 1. The van der Waals surface area contributed by atoms with E-state index in [1.807, 2.05) is 25.1 Å². The summed E-state index contributed by atoms with van der Waals surface area (Å²) in [6.07, 6.45) is 1.58. The van der Waals surface area contributed by atoms with Gasteiger partial charge in [-0.2, -0.15) is 0 Å². The predicted octanol–water partition coefficient (Wildman–Crippen LogP) is 2.45. The van der Waals surface area contributed by atoms with Crippen molar-refractivity contribution in [3.63, 3.8) is 0 Å². The van der Waals surface area contributed by atoms with Gasteiger partial charge in [0.2, 0.25) is 0 Å². The van der Waals surface area contributed by atoms with Crippen molar-refractivity contribution in [2.75, 3.05) is 19.7 Å². The number of nitrogens with one attached hydrogen (secondary N) is 1. The maximum Gasteiger partial charge on any atom is 0.409 e. The number of likely N-dealkylation sites (tertiary alicyclic amines) is 1. The summed E-state index contributed by atoms with van der Waals surface area (Å²) in [5, 5.41) is 8.35. The lowest BCUT2D eigenvalue weighted by atomic mass is 10.0. The highest BCUT2D eigenvalue weighted by atomic mass is 16.6. The molecule has 1 N–H and O–H groups in total. The van der Waals surface area contributed by atoms with Crippen molar-refractivity contribution in [2.24, 2.45) is 0 Å². The molecule has 0 atom stereocenters. The Labute approximate surface area is 125 Å². The van der Waals surface area contributed by atoms with Gasteiger partial charge in [0.25, 0.3) is 0 Å². The van der Waals surface area contributed by atoms with Crippen LogP contribution in [-0.4, -0.2) is 47.5 Å². The third kappa shape index (κ3) is 2.60. The summed E-state index contributed by atoms with van der Waals surface area (Å²) in [4.78, 5) is 15.7. The van der Waals surface area contributed by atoms with Gasteiger partial charge in [-0.15, -0.1) is 0 Å². The van der Waals surface area contributed by atoms with Gasteiger partial charge in [-0.1, -0.05) is 24.3 Å². The lowest BCUT2D eigenvalue weighted by Crippen LogP contribution is -2.47. The molecule has 0 aliphatic carbocycles. The Morgan fingerprint density at radius 2 is 2.05 bits per heavy atom. The van der Waals surface area contributed by atoms with E-state index < -0.39 is 0 Å². The van der Waals surface area contributed by atoms with Gasteiger partial charge in [0, 0.05) is 31.2 Å². The fraction of sp³-hybridized carbons (Fsp3) is 0.500. The molecule has 0 saturated carbocycles. The molecule has 2 heterocycles. The van der Waals surface area contributed by atoms with Crippen molar-refractivity contribution in [3.05, 3.63) is 35.4 Å². The first-order valence-corrected chi connectivity index (χ1v) is 7.56. The molecule has 5 nitrogen and oxygen atoms in total. The molecular weight excluding hydrogens is 266 g/mol. The van der Waals surface area contributed by atoms with E-state index in [0.717, 1.165) is 24.9 Å². The molecule has 0 unspecified atom stereocenters. The number of fused-ring (bicyclic) bond motifs is 1. The van der Waals surface area contributed by atoms with Crippen molar-refractivity contribution in [1.29, 1.82) is 5.41 Å². The standard InChI is InChI=1S/C16H21N3O2/c1-2-21-16(20)18-9-7-13(8-10-18)19-11-12-5-3-4-6-14(12)15(19)17/h3-6,13,17H,2,7-11H2,1H3. The van der Waals surface area contributed by atoms with Gasteiger partial charge in [0.15, 0.2) is 0 Å². The van der Waals surface area contributed by atoms with Crippen LogP contribution in [0, 0.1) is 5.41 Å². The fourth-order valence-corrected chi connectivity index (χ4v) is 3.19. The molecule has 1 aromatic rings. The number of ether oxygens (including phenoxy) is 1. The zero-order valence-corrected chi connectivity index (χ0v) is 12.3. The summed E-state index contributed by atoms with van der Waals surface area (Å²) in [6.45, 7) is 4.49. The van der Waals surface area contributed by atoms with E-state index in [4.69, 9.17) is 10.1 Å². The number of rotatable bonds is 2. The topological polar surface area (TPSA) is 56.6 Å². The minimum atomic E-state index is -0.212. The first-order valence-electron chi connectivity index (χ1n) is 7.56. The SMILES string of the molecule is CCOC(=O)N1CCC(N2Cc3ccccc3C2=N)CC1. The molecule has 1 amide bonds. The maximum atomic E-state index is 11.7. The molecule has 0 bridgehead atoms. The highest BCUT2D eigenvalue weighted by Crippen LogP contribution is 2.28. The second-order valence-electron chi connectivity index (χ2n) is 5.55. The van der Waals surface area contributed by atoms with Gasteiger partial charge in [-0.3, -0.25) is 5.41 Å². The summed E-state index contributed by atoms with van der Waals surface area (Å²) in [5.74, 6) is 0.625. The normalized spacial score (nSPS) is 18.8. The minimum Gasteiger partial charge on any atom is -0.450 e. The molecule has 21 heavy (non-hydrogen) atoms. The molecular formula is C16H21N3O2. The highest BCUT2D eigenvalue weighted by molar-refractivity contribution is 6.00. The molecule has 1 fully saturated rings. The Kier molecular flexibility index (Phi) is 3.82. The van der Waals surface area contributed by atoms with Crippen LogP contribution in [-0.2, 0) is 11.3 Å². The van der Waals surface area contributed by atoms with Gasteiger partial charge in [-0.25, -0.2) is 4.79 Å². The van der Waals surface area contributed by atoms with E-state index in [0.29, 0.717) is 31.6 Å². The number of piperidine rings is 1. The number of benzene rings is 1. The Bertz CT molecular complexity index is 550. The van der Waals surface area contributed by atoms with Crippen LogP contribution in [0.15, 0.2) is 24.3 Å². The third-order valence-electron chi connectivity index (χ3n) is 4.33. The summed E-state index contributed by atoms with van der Waals surface area (Å²) in [6, 6.07) is 8.47. The van der Waals surface area contributed by atoms with E-state index in [2.05, 4.69) is 11.0 Å². The zero-order valence-electron chi connectivity index (χ0n) is 12.3. The molecule has 0 spiro atoms. The van der Waals surface area contributed by atoms with Crippen LogP contribution in [0.1, 0.15) is 30.9 Å². The summed E-state index contributed by atoms with van der Waals surface area (Å²) in [5.41, 5.74) is 2.28. The number of amides is 1. The summed E-state index contributed by atoms with van der Waals surface area (Å²) < 4.78 is 5.05. The quantitative estimate of drug-likeness (QED) is 0.909. The Morgan fingerprint density at radius 1 is 1.33 bits per heavy atom. The molecule has 5 heteroatoms. The second-order valence-corrected chi connectivity index (χ2v) is 5.55. The monoisotopic (exact) mass is 287 g/mol. The number of carbonyl (C=O) groups is 1. The third-order valence-corrected chi connectivity index (χ3v) is 4.33. The van der Waals surface area contributed by atoms with Crippen molar-refractivity contribution in [1.82, 2.24) is 9.80 Å². The van der Waals surface area contributed by atoms with Crippen LogP contribution in [0.5, 0.6) is 0 Å². The Hall–Kier alpha value is -2.04. The van der Waals surface area contributed by atoms with Crippen LogP contribution in [0.3, 0.4) is 0 Å². The minimum absolute atomic E-state index is 0.212. The largest absolute Gasteiger partial charge is 0.450 e. The van der Waals surface area contributed by atoms with Gasteiger partial charge in [-0.05, 0) is 25.3 Å². The lowest BCUT2D eigenvalue weighted by molar-refractivity contribution is 0.0869. The fourth-order valence-electron chi connectivity index (χ4n) is 3.19. The zero-order chi connectivity index (χ0) is 14.8. The smallest absolute Gasteiger partial charge is 0.409 e. The molecule has 1 saturated heterocycles. The molecule has 3 rings (SSSR count). The van der Waals surface area contributed by atoms with Crippen molar-refractivity contribution in [3.8, 4) is 0 Å². The number of hydrogen-bond acceptors (Lipinski definition) is 3. The van der Waals surface area contributed by atoms with E-state index in [1.165, 1.54) is 5.56 Å². The first kappa shape index (κ1) is 13.9. The summed E-state index contributed by atoms with van der Waals surface area (Å²) >= 11 is 0. The van der Waals surface area contributed by atoms with Gasteiger partial charge in [0.1, 0.15) is 5.84 Å². The van der Waals surface area contributed by atoms with Crippen LogP contribution < -0.4 is 0 Å². The van der Waals surface area contributed by atoms with Gasteiger partial charge < -0.3 is 14.5 Å². The van der Waals surface area contributed by atoms with Gasteiger partial charge >= 0.3 is 6.09 Å². The second kappa shape index (κ2) is 5.76. The van der Waals surface area contributed by atoms with Crippen LogP contribution in [0.2, 0.25) is 0 Å². The molecule has 112 valence electrons. The van der Waals surface area contributed by atoms with Crippen LogP contribution >= 0.6 is 0 Å². The Morgan fingerprint density at radius 3 is 2.71 bits per heavy atom. The molecule has 0 radical (unpaired) electrons. The summed E-state index contributed by atoms with van der Waals surface area (Å²) in [7, 11) is 0. The highest BCUT2D eigenvalue weighted by Gasteiger charge is 2.33.